The molecule has 33 heavy (non-hydrogen) atoms. The normalized spacial score (nSPS) is 15.1. The van der Waals surface area contributed by atoms with Gasteiger partial charge < -0.3 is 14.2 Å². The number of rotatable bonds is 3. The van der Waals surface area contributed by atoms with Gasteiger partial charge in [0.1, 0.15) is 5.69 Å². The van der Waals surface area contributed by atoms with Crippen LogP contribution in [0.25, 0.3) is 11.5 Å². The van der Waals surface area contributed by atoms with Gasteiger partial charge in [-0.3, -0.25) is 4.79 Å². The van der Waals surface area contributed by atoms with Gasteiger partial charge in [0.05, 0.1) is 17.4 Å². The number of carbonyl (C=O) groups excluding carboxylic acids is 1. The summed E-state index contributed by atoms with van der Waals surface area (Å²) in [6, 6.07) is 5.98. The summed E-state index contributed by atoms with van der Waals surface area (Å²) < 4.78 is 83.9. The van der Waals surface area contributed by atoms with Crippen molar-refractivity contribution in [3.05, 3.63) is 65.5 Å². The number of amides is 1. The highest BCUT2D eigenvalue weighted by Gasteiger charge is 2.38. The molecular formula is C21H16F6N4O2. The number of anilines is 1. The number of nitrogens with zero attached hydrogens (tertiary/aromatic N) is 4. The third kappa shape index (κ3) is 4.94. The van der Waals surface area contributed by atoms with Crippen molar-refractivity contribution in [2.45, 2.75) is 12.4 Å². The molecule has 0 radical (unpaired) electrons. The molecule has 4 rings (SSSR count). The maximum atomic E-state index is 13.1. The summed E-state index contributed by atoms with van der Waals surface area (Å²) in [5, 5.41) is 0. The first-order valence-corrected chi connectivity index (χ1v) is 9.73. The van der Waals surface area contributed by atoms with Crippen molar-refractivity contribution in [3.8, 4) is 11.5 Å². The standard InChI is InChI=1S/C21H16F6N4O2/c22-20(23,24)14-10-13(11-15(12-14)21(25,26)27)18(32)30-5-7-31(8-6-30)19-28-4-3-16(29-19)17-2-1-9-33-17/h1-4,9-12H,5-8H2. The minimum Gasteiger partial charge on any atom is -0.463 e. The lowest BCUT2D eigenvalue weighted by molar-refractivity contribution is -0.143. The number of piperazine rings is 1. The van der Waals surface area contributed by atoms with Gasteiger partial charge >= 0.3 is 12.4 Å². The van der Waals surface area contributed by atoms with E-state index in [0.29, 0.717) is 29.5 Å². The van der Waals surface area contributed by atoms with Crippen LogP contribution >= 0.6 is 0 Å². The van der Waals surface area contributed by atoms with Crippen LogP contribution in [0.2, 0.25) is 0 Å². The maximum absolute atomic E-state index is 13.1. The van der Waals surface area contributed by atoms with E-state index in [0.717, 1.165) is 0 Å². The number of alkyl halides is 6. The highest BCUT2D eigenvalue weighted by molar-refractivity contribution is 5.95. The van der Waals surface area contributed by atoms with Gasteiger partial charge in [0.15, 0.2) is 5.76 Å². The Balaban J connectivity index is 1.51. The van der Waals surface area contributed by atoms with Gasteiger partial charge in [0, 0.05) is 37.9 Å². The second-order valence-electron chi connectivity index (χ2n) is 7.29. The quantitative estimate of drug-likeness (QED) is 0.518. The number of aromatic nitrogens is 2. The summed E-state index contributed by atoms with van der Waals surface area (Å²) in [5.41, 5.74) is -3.17. The minimum atomic E-state index is -5.02. The van der Waals surface area contributed by atoms with Gasteiger partial charge in [-0.1, -0.05) is 0 Å². The van der Waals surface area contributed by atoms with E-state index in [1.807, 2.05) is 0 Å². The predicted octanol–water partition coefficient (Wildman–Crippen LogP) is 4.74. The molecule has 0 spiro atoms. The topological polar surface area (TPSA) is 62.5 Å². The fourth-order valence-electron chi connectivity index (χ4n) is 3.43. The first-order chi connectivity index (χ1) is 15.5. The van der Waals surface area contributed by atoms with Crippen LogP contribution < -0.4 is 4.90 Å². The molecule has 3 heterocycles. The van der Waals surface area contributed by atoms with E-state index in [2.05, 4.69) is 9.97 Å². The SMILES string of the molecule is O=C(c1cc(C(F)(F)F)cc(C(F)(F)F)c1)N1CCN(c2nccc(-c3ccco3)n2)CC1. The number of benzene rings is 1. The van der Waals surface area contributed by atoms with Crippen molar-refractivity contribution in [2.24, 2.45) is 0 Å². The number of hydrogen-bond donors (Lipinski definition) is 0. The van der Waals surface area contributed by atoms with Crippen LogP contribution in [0.4, 0.5) is 32.3 Å². The summed E-state index contributed by atoms with van der Waals surface area (Å²) in [6.07, 6.45) is -7.00. The molecule has 1 amide bonds. The summed E-state index contributed by atoms with van der Waals surface area (Å²) >= 11 is 0. The Bertz CT molecular complexity index is 1100. The lowest BCUT2D eigenvalue weighted by Gasteiger charge is -2.35. The third-order valence-corrected chi connectivity index (χ3v) is 5.10. The molecule has 1 saturated heterocycles. The van der Waals surface area contributed by atoms with Crippen LogP contribution in [0.15, 0.2) is 53.3 Å². The molecular weight excluding hydrogens is 454 g/mol. The van der Waals surface area contributed by atoms with Gasteiger partial charge in [-0.2, -0.15) is 26.3 Å². The van der Waals surface area contributed by atoms with Crippen molar-refractivity contribution in [3.63, 3.8) is 0 Å². The number of hydrogen-bond acceptors (Lipinski definition) is 5. The van der Waals surface area contributed by atoms with Gasteiger partial charge in [0.2, 0.25) is 5.95 Å². The molecule has 0 N–H and O–H groups in total. The highest BCUT2D eigenvalue weighted by atomic mass is 19.4. The van der Waals surface area contributed by atoms with Crippen LogP contribution in [0.5, 0.6) is 0 Å². The highest BCUT2D eigenvalue weighted by Crippen LogP contribution is 2.36. The fourth-order valence-corrected chi connectivity index (χ4v) is 3.43. The summed E-state index contributed by atoms with van der Waals surface area (Å²) in [6.45, 7) is 0.645. The Morgan fingerprint density at radius 1 is 0.909 bits per heavy atom. The monoisotopic (exact) mass is 470 g/mol. The Hall–Kier alpha value is -3.57. The van der Waals surface area contributed by atoms with Crippen LogP contribution in [0.3, 0.4) is 0 Å². The Morgan fingerprint density at radius 2 is 1.55 bits per heavy atom. The third-order valence-electron chi connectivity index (χ3n) is 5.10. The predicted molar refractivity (Wildman–Crippen MR) is 104 cm³/mol. The number of halogens is 6. The van der Waals surface area contributed by atoms with E-state index >= 15 is 0 Å². The number of carbonyl (C=O) groups is 1. The van der Waals surface area contributed by atoms with E-state index in [-0.39, 0.29) is 32.2 Å². The second kappa shape index (κ2) is 8.41. The molecule has 0 saturated carbocycles. The molecule has 0 atom stereocenters. The van der Waals surface area contributed by atoms with Crippen LogP contribution in [0, 0.1) is 0 Å². The Kier molecular flexibility index (Phi) is 5.76. The van der Waals surface area contributed by atoms with E-state index in [4.69, 9.17) is 4.42 Å². The average molecular weight is 470 g/mol. The molecule has 1 aliphatic heterocycles. The first-order valence-electron chi connectivity index (χ1n) is 9.73. The Labute approximate surface area is 183 Å². The van der Waals surface area contributed by atoms with Crippen LogP contribution in [0.1, 0.15) is 21.5 Å². The van der Waals surface area contributed by atoms with Gasteiger partial charge in [-0.05, 0) is 36.4 Å². The van der Waals surface area contributed by atoms with Crippen molar-refractivity contribution >= 4 is 11.9 Å². The lowest BCUT2D eigenvalue weighted by atomic mass is 10.0. The molecule has 2 aromatic heterocycles. The molecule has 0 unspecified atom stereocenters. The molecule has 0 bridgehead atoms. The molecule has 12 heteroatoms. The second-order valence-corrected chi connectivity index (χ2v) is 7.29. The van der Waals surface area contributed by atoms with Crippen molar-refractivity contribution in [1.29, 1.82) is 0 Å². The molecule has 174 valence electrons. The largest absolute Gasteiger partial charge is 0.463 e. The first kappa shape index (κ1) is 22.6. The summed E-state index contributed by atoms with van der Waals surface area (Å²) in [5.74, 6) is 0.00316. The van der Waals surface area contributed by atoms with E-state index < -0.39 is 35.0 Å². The summed E-state index contributed by atoms with van der Waals surface area (Å²) in [7, 11) is 0. The van der Waals surface area contributed by atoms with Crippen molar-refractivity contribution in [1.82, 2.24) is 14.9 Å². The zero-order valence-electron chi connectivity index (χ0n) is 16.8. The number of furan rings is 1. The lowest BCUT2D eigenvalue weighted by Crippen LogP contribution is -2.49. The summed E-state index contributed by atoms with van der Waals surface area (Å²) in [4.78, 5) is 24.3. The zero-order chi connectivity index (χ0) is 23.8. The maximum Gasteiger partial charge on any atom is 0.416 e. The van der Waals surface area contributed by atoms with E-state index in [1.165, 1.54) is 11.2 Å². The van der Waals surface area contributed by atoms with Gasteiger partial charge in [0.25, 0.3) is 5.91 Å². The van der Waals surface area contributed by atoms with Gasteiger partial charge in [-0.15, -0.1) is 0 Å². The van der Waals surface area contributed by atoms with Crippen LogP contribution in [-0.4, -0.2) is 47.0 Å². The van der Waals surface area contributed by atoms with Crippen LogP contribution in [-0.2, 0) is 12.4 Å². The molecule has 3 aromatic rings. The molecule has 1 aliphatic rings. The fraction of sp³-hybridized carbons (Fsp3) is 0.286. The minimum absolute atomic E-state index is 0.00192. The van der Waals surface area contributed by atoms with E-state index in [1.54, 1.807) is 29.3 Å². The van der Waals surface area contributed by atoms with Crippen molar-refractivity contribution in [2.75, 3.05) is 31.1 Å². The smallest absolute Gasteiger partial charge is 0.416 e. The molecule has 0 aliphatic carbocycles. The van der Waals surface area contributed by atoms with E-state index in [9.17, 15) is 31.1 Å². The molecule has 1 aromatic carbocycles. The average Bonchev–Trinajstić information content (AvgIpc) is 3.32. The zero-order valence-corrected chi connectivity index (χ0v) is 16.8. The molecule has 6 nitrogen and oxygen atoms in total. The Morgan fingerprint density at radius 3 is 2.09 bits per heavy atom. The van der Waals surface area contributed by atoms with Crippen molar-refractivity contribution < 1.29 is 35.6 Å². The molecule has 1 fully saturated rings. The van der Waals surface area contributed by atoms with Gasteiger partial charge in [-0.25, -0.2) is 9.97 Å².